The van der Waals surface area contributed by atoms with E-state index in [0.29, 0.717) is 25.7 Å². The SMILES string of the molecule is NC1CCC(NS(=O)(=O)c2cccc(C(=O)NCC(F)(F)F)c2)CC1. The predicted molar refractivity (Wildman–Crippen MR) is 85.4 cm³/mol. The highest BCUT2D eigenvalue weighted by Crippen LogP contribution is 2.20. The number of rotatable bonds is 5. The molecule has 0 heterocycles. The van der Waals surface area contributed by atoms with Gasteiger partial charge in [-0.25, -0.2) is 13.1 Å². The largest absolute Gasteiger partial charge is 0.405 e. The summed E-state index contributed by atoms with van der Waals surface area (Å²) in [5.74, 6) is -0.988. The van der Waals surface area contributed by atoms with Crippen molar-refractivity contribution in [1.29, 1.82) is 0 Å². The Balaban J connectivity index is 2.07. The van der Waals surface area contributed by atoms with Crippen molar-refractivity contribution in [2.24, 2.45) is 5.73 Å². The third-order valence-electron chi connectivity index (χ3n) is 3.95. The second-order valence-corrected chi connectivity index (χ2v) is 7.77. The standard InChI is InChI=1S/C15H20F3N3O3S/c16-15(17,18)9-20-14(22)10-2-1-3-13(8-10)25(23,24)21-12-6-4-11(19)5-7-12/h1-3,8,11-12,21H,4-7,9,19H2,(H,20,22). The predicted octanol–water partition coefficient (Wildman–Crippen LogP) is 1.53. The molecule has 1 aromatic rings. The summed E-state index contributed by atoms with van der Waals surface area (Å²) in [7, 11) is -3.87. The highest BCUT2D eigenvalue weighted by atomic mass is 32.2. The van der Waals surface area contributed by atoms with Gasteiger partial charge in [0.05, 0.1) is 4.90 Å². The van der Waals surface area contributed by atoms with Crippen molar-refractivity contribution >= 4 is 15.9 Å². The van der Waals surface area contributed by atoms with E-state index < -0.39 is 28.7 Å². The summed E-state index contributed by atoms with van der Waals surface area (Å²) in [6.45, 7) is -1.48. The van der Waals surface area contributed by atoms with Gasteiger partial charge < -0.3 is 11.1 Å². The molecule has 1 amide bonds. The van der Waals surface area contributed by atoms with Gasteiger partial charge in [0.2, 0.25) is 10.0 Å². The molecule has 10 heteroatoms. The van der Waals surface area contributed by atoms with Crippen LogP contribution in [0.4, 0.5) is 13.2 Å². The lowest BCUT2D eigenvalue weighted by atomic mass is 9.93. The van der Waals surface area contributed by atoms with Gasteiger partial charge in [0, 0.05) is 17.6 Å². The fourth-order valence-corrected chi connectivity index (χ4v) is 3.96. The zero-order valence-corrected chi connectivity index (χ0v) is 14.2. The van der Waals surface area contributed by atoms with Crippen LogP contribution < -0.4 is 15.8 Å². The number of benzene rings is 1. The van der Waals surface area contributed by atoms with Crippen LogP contribution in [0.25, 0.3) is 0 Å². The van der Waals surface area contributed by atoms with Crippen LogP contribution in [0.3, 0.4) is 0 Å². The van der Waals surface area contributed by atoms with Crippen LogP contribution in [0.1, 0.15) is 36.0 Å². The lowest BCUT2D eigenvalue weighted by molar-refractivity contribution is -0.123. The first-order chi connectivity index (χ1) is 11.6. The molecule has 0 aliphatic heterocycles. The van der Waals surface area contributed by atoms with Gasteiger partial charge in [-0.3, -0.25) is 4.79 Å². The number of nitrogens with one attached hydrogen (secondary N) is 2. The molecule has 4 N–H and O–H groups in total. The average Bonchev–Trinajstić information content (AvgIpc) is 2.54. The summed E-state index contributed by atoms with van der Waals surface area (Å²) in [6, 6.07) is 4.74. The summed E-state index contributed by atoms with van der Waals surface area (Å²) in [5.41, 5.74) is 5.63. The van der Waals surface area contributed by atoms with Gasteiger partial charge in [-0.2, -0.15) is 13.2 Å². The number of carbonyl (C=O) groups is 1. The minimum Gasteiger partial charge on any atom is -0.343 e. The smallest absolute Gasteiger partial charge is 0.343 e. The van der Waals surface area contributed by atoms with Gasteiger partial charge >= 0.3 is 6.18 Å². The molecule has 1 fully saturated rings. The molecule has 0 radical (unpaired) electrons. The van der Waals surface area contributed by atoms with Crippen molar-refractivity contribution in [1.82, 2.24) is 10.0 Å². The first kappa shape index (κ1) is 19.7. The van der Waals surface area contributed by atoms with Gasteiger partial charge in [0.25, 0.3) is 5.91 Å². The first-order valence-electron chi connectivity index (χ1n) is 7.80. The monoisotopic (exact) mass is 379 g/mol. The maximum Gasteiger partial charge on any atom is 0.405 e. The molecule has 0 unspecified atom stereocenters. The van der Waals surface area contributed by atoms with Crippen LogP contribution in [0.5, 0.6) is 0 Å². The van der Waals surface area contributed by atoms with Crippen LogP contribution >= 0.6 is 0 Å². The Bertz CT molecular complexity index is 714. The summed E-state index contributed by atoms with van der Waals surface area (Å²) in [4.78, 5) is 11.6. The molecule has 0 spiro atoms. The Morgan fingerprint density at radius 1 is 1.20 bits per heavy atom. The molecule has 2 rings (SSSR count). The molecule has 1 aromatic carbocycles. The molecular formula is C15H20F3N3O3S. The summed E-state index contributed by atoms with van der Waals surface area (Å²) < 4.78 is 63.9. The van der Waals surface area contributed by atoms with E-state index in [4.69, 9.17) is 5.73 Å². The molecule has 1 saturated carbocycles. The fourth-order valence-electron chi connectivity index (χ4n) is 2.61. The van der Waals surface area contributed by atoms with Crippen molar-refractivity contribution in [2.75, 3.05) is 6.54 Å². The van der Waals surface area contributed by atoms with E-state index >= 15 is 0 Å². The molecule has 0 atom stereocenters. The van der Waals surface area contributed by atoms with E-state index in [1.165, 1.54) is 18.2 Å². The number of hydrogen-bond donors (Lipinski definition) is 3. The molecule has 1 aliphatic rings. The number of amides is 1. The van der Waals surface area contributed by atoms with Crippen molar-refractivity contribution in [2.45, 2.75) is 48.8 Å². The maximum atomic E-state index is 12.4. The fraction of sp³-hybridized carbons (Fsp3) is 0.533. The van der Waals surface area contributed by atoms with E-state index in [9.17, 15) is 26.4 Å². The first-order valence-corrected chi connectivity index (χ1v) is 9.28. The van der Waals surface area contributed by atoms with Gasteiger partial charge in [-0.15, -0.1) is 0 Å². The van der Waals surface area contributed by atoms with Crippen molar-refractivity contribution < 1.29 is 26.4 Å². The molecule has 0 bridgehead atoms. The van der Waals surface area contributed by atoms with Crippen LogP contribution in [-0.4, -0.2) is 39.1 Å². The molecule has 6 nitrogen and oxygen atoms in total. The highest BCUT2D eigenvalue weighted by Gasteiger charge is 2.28. The maximum absolute atomic E-state index is 12.4. The summed E-state index contributed by atoms with van der Waals surface area (Å²) >= 11 is 0. The van der Waals surface area contributed by atoms with Crippen LogP contribution in [-0.2, 0) is 10.0 Å². The third kappa shape index (κ3) is 5.98. The topological polar surface area (TPSA) is 101 Å². The second-order valence-electron chi connectivity index (χ2n) is 6.06. The van der Waals surface area contributed by atoms with Crippen LogP contribution in [0, 0.1) is 0 Å². The Morgan fingerprint density at radius 3 is 2.44 bits per heavy atom. The van der Waals surface area contributed by atoms with E-state index in [0.717, 1.165) is 6.07 Å². The van der Waals surface area contributed by atoms with Crippen molar-refractivity contribution in [3.63, 3.8) is 0 Å². The summed E-state index contributed by atoms with van der Waals surface area (Å²) in [6.07, 6.45) is -1.87. The molecule has 0 aromatic heterocycles. The van der Waals surface area contributed by atoms with E-state index in [-0.39, 0.29) is 22.5 Å². The molecular weight excluding hydrogens is 359 g/mol. The van der Waals surface area contributed by atoms with E-state index in [1.807, 2.05) is 0 Å². The van der Waals surface area contributed by atoms with Crippen LogP contribution in [0.15, 0.2) is 29.2 Å². The van der Waals surface area contributed by atoms with Gasteiger partial charge in [-0.1, -0.05) is 6.07 Å². The zero-order valence-electron chi connectivity index (χ0n) is 13.3. The average molecular weight is 379 g/mol. The lowest BCUT2D eigenvalue weighted by Crippen LogP contribution is -2.40. The Morgan fingerprint density at radius 2 is 1.84 bits per heavy atom. The van der Waals surface area contributed by atoms with E-state index in [2.05, 4.69) is 4.72 Å². The van der Waals surface area contributed by atoms with Crippen molar-refractivity contribution in [3.8, 4) is 0 Å². The quantitative estimate of drug-likeness (QED) is 0.722. The normalized spacial score (nSPS) is 21.8. The number of nitrogens with two attached hydrogens (primary N) is 1. The Kier molecular flexibility index (Phi) is 6.07. The Hall–Kier alpha value is -1.65. The van der Waals surface area contributed by atoms with Crippen LogP contribution in [0.2, 0.25) is 0 Å². The van der Waals surface area contributed by atoms with Gasteiger partial charge in [0.1, 0.15) is 6.54 Å². The molecule has 25 heavy (non-hydrogen) atoms. The second kappa shape index (κ2) is 7.71. The highest BCUT2D eigenvalue weighted by molar-refractivity contribution is 7.89. The summed E-state index contributed by atoms with van der Waals surface area (Å²) in [5, 5.41) is 1.71. The number of alkyl halides is 3. The number of carbonyl (C=O) groups excluding carboxylic acids is 1. The van der Waals surface area contributed by atoms with Gasteiger partial charge in [-0.05, 0) is 43.9 Å². The molecule has 1 aliphatic carbocycles. The minimum absolute atomic E-state index is 0.0708. The molecule has 140 valence electrons. The number of hydrogen-bond acceptors (Lipinski definition) is 4. The van der Waals surface area contributed by atoms with Crippen molar-refractivity contribution in [3.05, 3.63) is 29.8 Å². The van der Waals surface area contributed by atoms with Gasteiger partial charge in [0.15, 0.2) is 0 Å². The van der Waals surface area contributed by atoms with E-state index in [1.54, 1.807) is 5.32 Å². The zero-order chi connectivity index (χ0) is 18.7. The lowest BCUT2D eigenvalue weighted by Gasteiger charge is -2.26. The third-order valence-corrected chi connectivity index (χ3v) is 5.47. The Labute approximate surface area is 144 Å². The number of sulfonamides is 1. The molecule has 0 saturated heterocycles. The number of halogens is 3. The minimum atomic E-state index is -4.54.